The van der Waals surface area contributed by atoms with Crippen molar-refractivity contribution < 1.29 is 5.11 Å². The molecule has 1 aliphatic rings. The zero-order valence-electron chi connectivity index (χ0n) is 7.25. The fourth-order valence-electron chi connectivity index (χ4n) is 1.31. The van der Waals surface area contributed by atoms with E-state index in [0.717, 1.165) is 30.7 Å². The van der Waals surface area contributed by atoms with E-state index in [9.17, 15) is 5.11 Å². The highest BCUT2D eigenvalue weighted by atomic mass is 16.3. The normalized spacial score (nSPS) is 19.2. The zero-order chi connectivity index (χ0) is 8.60. The van der Waals surface area contributed by atoms with Crippen LogP contribution in [0.5, 0.6) is 0 Å². The lowest BCUT2D eigenvalue weighted by molar-refractivity contribution is 0.146. The molecule has 2 heteroatoms. The third-order valence-corrected chi connectivity index (χ3v) is 2.37. The molecule has 1 heterocycles. The van der Waals surface area contributed by atoms with Crippen LogP contribution in [0.2, 0.25) is 0 Å². The van der Waals surface area contributed by atoms with Gasteiger partial charge >= 0.3 is 0 Å². The Labute approximate surface area is 72.3 Å². The average Bonchev–Trinajstić information content (AvgIpc) is 2.85. The SMILES string of the molecule is CCc1cccc(C2(O)CC2)n1. The van der Waals surface area contributed by atoms with Gasteiger partial charge in [0.05, 0.1) is 5.69 Å². The predicted octanol–water partition coefficient (Wildman–Crippen LogP) is 1.63. The van der Waals surface area contributed by atoms with Crippen molar-refractivity contribution in [2.75, 3.05) is 0 Å². The number of nitrogens with zero attached hydrogens (tertiary/aromatic N) is 1. The van der Waals surface area contributed by atoms with E-state index in [1.54, 1.807) is 0 Å². The van der Waals surface area contributed by atoms with Crippen molar-refractivity contribution in [1.82, 2.24) is 4.98 Å². The third kappa shape index (κ3) is 1.23. The molecule has 1 N–H and O–H groups in total. The van der Waals surface area contributed by atoms with Crippen LogP contribution in [0.3, 0.4) is 0 Å². The van der Waals surface area contributed by atoms with Crippen LogP contribution in [0.15, 0.2) is 18.2 Å². The van der Waals surface area contributed by atoms with E-state index in [2.05, 4.69) is 11.9 Å². The number of pyridine rings is 1. The molecule has 0 bridgehead atoms. The van der Waals surface area contributed by atoms with Crippen LogP contribution in [0, 0.1) is 0 Å². The van der Waals surface area contributed by atoms with Crippen molar-refractivity contribution >= 4 is 0 Å². The number of aliphatic hydroxyl groups is 1. The van der Waals surface area contributed by atoms with Gasteiger partial charge in [-0.3, -0.25) is 4.98 Å². The molecule has 0 spiro atoms. The Morgan fingerprint density at radius 2 is 2.25 bits per heavy atom. The minimum Gasteiger partial charge on any atom is -0.384 e. The summed E-state index contributed by atoms with van der Waals surface area (Å²) in [5.74, 6) is 0. The van der Waals surface area contributed by atoms with Gasteiger partial charge in [-0.05, 0) is 31.4 Å². The molecule has 2 nitrogen and oxygen atoms in total. The first kappa shape index (κ1) is 7.74. The first-order chi connectivity index (χ1) is 5.74. The standard InChI is InChI=1S/C10H13NO/c1-2-8-4-3-5-9(11-8)10(12)6-7-10/h3-5,12H,2,6-7H2,1H3. The van der Waals surface area contributed by atoms with Crippen LogP contribution >= 0.6 is 0 Å². The molecule has 1 fully saturated rings. The van der Waals surface area contributed by atoms with Crippen molar-refractivity contribution in [2.24, 2.45) is 0 Å². The molecule has 0 amide bonds. The molecule has 0 saturated heterocycles. The summed E-state index contributed by atoms with van der Waals surface area (Å²) < 4.78 is 0. The largest absolute Gasteiger partial charge is 0.384 e. The van der Waals surface area contributed by atoms with Gasteiger partial charge < -0.3 is 5.11 Å². The lowest BCUT2D eigenvalue weighted by Crippen LogP contribution is -2.07. The van der Waals surface area contributed by atoms with E-state index in [-0.39, 0.29) is 0 Å². The van der Waals surface area contributed by atoms with Crippen LogP contribution in [0.1, 0.15) is 31.2 Å². The summed E-state index contributed by atoms with van der Waals surface area (Å²) in [6, 6.07) is 5.87. The highest BCUT2D eigenvalue weighted by Gasteiger charge is 2.43. The van der Waals surface area contributed by atoms with Gasteiger partial charge in [0.1, 0.15) is 5.60 Å². The molecule has 1 aliphatic carbocycles. The second-order valence-corrected chi connectivity index (χ2v) is 3.40. The van der Waals surface area contributed by atoms with Gasteiger partial charge in [0, 0.05) is 5.69 Å². The molecule has 1 aromatic rings. The number of aryl methyl sites for hydroxylation is 1. The Bertz CT molecular complexity index is 292. The molecular weight excluding hydrogens is 150 g/mol. The second kappa shape index (κ2) is 2.56. The molecule has 2 rings (SSSR count). The molecule has 0 atom stereocenters. The number of aromatic nitrogens is 1. The first-order valence-corrected chi connectivity index (χ1v) is 4.43. The number of hydrogen-bond acceptors (Lipinski definition) is 2. The number of hydrogen-bond donors (Lipinski definition) is 1. The quantitative estimate of drug-likeness (QED) is 0.718. The van der Waals surface area contributed by atoms with E-state index in [1.807, 2.05) is 18.2 Å². The minimum absolute atomic E-state index is 0.578. The van der Waals surface area contributed by atoms with Gasteiger partial charge in [-0.1, -0.05) is 13.0 Å². The smallest absolute Gasteiger partial charge is 0.107 e. The molecular formula is C10H13NO. The summed E-state index contributed by atoms with van der Waals surface area (Å²) in [7, 11) is 0. The lowest BCUT2D eigenvalue weighted by atomic mass is 10.2. The van der Waals surface area contributed by atoms with Crippen molar-refractivity contribution in [1.29, 1.82) is 0 Å². The minimum atomic E-state index is -0.578. The van der Waals surface area contributed by atoms with E-state index in [0.29, 0.717) is 0 Å². The van der Waals surface area contributed by atoms with Crippen molar-refractivity contribution in [3.63, 3.8) is 0 Å². The van der Waals surface area contributed by atoms with Gasteiger partial charge in [0.15, 0.2) is 0 Å². The zero-order valence-corrected chi connectivity index (χ0v) is 7.25. The summed E-state index contributed by atoms with van der Waals surface area (Å²) >= 11 is 0. The third-order valence-electron chi connectivity index (χ3n) is 2.37. The molecule has 0 radical (unpaired) electrons. The maximum atomic E-state index is 9.76. The Balaban J connectivity index is 2.32. The Kier molecular flexibility index (Phi) is 1.65. The molecule has 1 aromatic heterocycles. The van der Waals surface area contributed by atoms with Gasteiger partial charge in [-0.25, -0.2) is 0 Å². The topological polar surface area (TPSA) is 33.1 Å². The Hall–Kier alpha value is -0.890. The fraction of sp³-hybridized carbons (Fsp3) is 0.500. The molecule has 1 saturated carbocycles. The summed E-state index contributed by atoms with van der Waals surface area (Å²) in [4.78, 5) is 4.38. The summed E-state index contributed by atoms with van der Waals surface area (Å²) in [5.41, 5.74) is 1.33. The van der Waals surface area contributed by atoms with E-state index in [4.69, 9.17) is 0 Å². The van der Waals surface area contributed by atoms with Gasteiger partial charge in [0.25, 0.3) is 0 Å². The molecule has 0 unspecified atom stereocenters. The van der Waals surface area contributed by atoms with Crippen LogP contribution in [0.4, 0.5) is 0 Å². The van der Waals surface area contributed by atoms with Crippen LogP contribution in [-0.4, -0.2) is 10.1 Å². The second-order valence-electron chi connectivity index (χ2n) is 3.40. The van der Waals surface area contributed by atoms with Crippen LogP contribution in [-0.2, 0) is 12.0 Å². The number of rotatable bonds is 2. The average molecular weight is 163 g/mol. The van der Waals surface area contributed by atoms with Crippen molar-refractivity contribution in [3.05, 3.63) is 29.6 Å². The highest BCUT2D eigenvalue weighted by molar-refractivity contribution is 5.21. The fourth-order valence-corrected chi connectivity index (χ4v) is 1.31. The van der Waals surface area contributed by atoms with E-state index in [1.165, 1.54) is 0 Å². The molecule has 64 valence electrons. The summed E-state index contributed by atoms with van der Waals surface area (Å²) in [5, 5.41) is 9.76. The maximum Gasteiger partial charge on any atom is 0.107 e. The van der Waals surface area contributed by atoms with E-state index < -0.39 is 5.60 Å². The van der Waals surface area contributed by atoms with Gasteiger partial charge in [0.2, 0.25) is 0 Å². The lowest BCUT2D eigenvalue weighted by Gasteiger charge is -2.07. The van der Waals surface area contributed by atoms with Crippen molar-refractivity contribution in [2.45, 2.75) is 31.8 Å². The van der Waals surface area contributed by atoms with Crippen molar-refractivity contribution in [3.8, 4) is 0 Å². The molecule has 0 aromatic carbocycles. The summed E-state index contributed by atoms with van der Waals surface area (Å²) in [6.07, 6.45) is 2.67. The van der Waals surface area contributed by atoms with Crippen LogP contribution in [0.25, 0.3) is 0 Å². The van der Waals surface area contributed by atoms with Gasteiger partial charge in [-0.2, -0.15) is 0 Å². The summed E-state index contributed by atoms with van der Waals surface area (Å²) in [6.45, 7) is 2.07. The molecule has 0 aliphatic heterocycles. The Morgan fingerprint density at radius 1 is 1.50 bits per heavy atom. The highest BCUT2D eigenvalue weighted by Crippen LogP contribution is 2.44. The molecule has 12 heavy (non-hydrogen) atoms. The monoisotopic (exact) mass is 163 g/mol. The van der Waals surface area contributed by atoms with Gasteiger partial charge in [-0.15, -0.1) is 0 Å². The predicted molar refractivity (Wildman–Crippen MR) is 46.7 cm³/mol. The van der Waals surface area contributed by atoms with Crippen LogP contribution < -0.4 is 0 Å². The maximum absolute atomic E-state index is 9.76. The van der Waals surface area contributed by atoms with E-state index >= 15 is 0 Å². The first-order valence-electron chi connectivity index (χ1n) is 4.43. The Morgan fingerprint density at radius 3 is 2.83 bits per heavy atom.